The second-order valence-electron chi connectivity index (χ2n) is 6.17. The first-order valence-corrected chi connectivity index (χ1v) is 9.43. The van der Waals surface area contributed by atoms with Crippen molar-refractivity contribution in [1.29, 1.82) is 0 Å². The minimum absolute atomic E-state index is 0.165. The summed E-state index contributed by atoms with van der Waals surface area (Å²) in [5, 5.41) is 0. The Morgan fingerprint density at radius 2 is 1.50 bits per heavy atom. The molecule has 0 amide bonds. The first-order valence-electron chi connectivity index (χ1n) is 8.02. The number of benzene rings is 2. The Kier molecular flexibility index (Phi) is 6.40. The fourth-order valence-corrected chi connectivity index (χ4v) is 3.30. The molecule has 0 spiro atoms. The Hall–Kier alpha value is -1.85. The van der Waals surface area contributed by atoms with Crippen molar-refractivity contribution in [2.45, 2.75) is 31.6 Å². The quantitative estimate of drug-likeness (QED) is 0.680. The van der Waals surface area contributed by atoms with Crippen LogP contribution in [0.15, 0.2) is 53.4 Å². The summed E-state index contributed by atoms with van der Waals surface area (Å²) >= 11 is 0. The number of rotatable bonds is 8. The van der Waals surface area contributed by atoms with Gasteiger partial charge in [-0.05, 0) is 54.2 Å². The molecule has 0 heterocycles. The SMILES string of the molecule is COCCc1ccc(OS(=O)(=O)c2ccc(CC(C)C)cc2)cc1. The molecule has 0 unspecified atom stereocenters. The molecule has 0 aromatic heterocycles. The van der Waals surface area contributed by atoms with E-state index >= 15 is 0 Å². The molecule has 2 rings (SSSR count). The highest BCUT2D eigenvalue weighted by molar-refractivity contribution is 7.87. The fourth-order valence-electron chi connectivity index (χ4n) is 2.37. The van der Waals surface area contributed by atoms with E-state index in [2.05, 4.69) is 13.8 Å². The van der Waals surface area contributed by atoms with E-state index in [1.165, 1.54) is 0 Å². The van der Waals surface area contributed by atoms with Crippen LogP contribution in [-0.2, 0) is 27.7 Å². The van der Waals surface area contributed by atoms with Gasteiger partial charge in [-0.2, -0.15) is 8.42 Å². The zero-order chi connectivity index (χ0) is 17.6. The first-order chi connectivity index (χ1) is 11.4. The summed E-state index contributed by atoms with van der Waals surface area (Å²) in [6.45, 7) is 4.88. The highest BCUT2D eigenvalue weighted by Gasteiger charge is 2.16. The summed E-state index contributed by atoms with van der Waals surface area (Å²) in [6, 6.07) is 13.9. The Morgan fingerprint density at radius 3 is 2.04 bits per heavy atom. The fraction of sp³-hybridized carbons (Fsp3) is 0.368. The number of methoxy groups -OCH3 is 1. The number of hydrogen-bond donors (Lipinski definition) is 0. The molecule has 0 N–H and O–H groups in total. The highest BCUT2D eigenvalue weighted by atomic mass is 32.2. The van der Waals surface area contributed by atoms with Gasteiger partial charge in [-0.25, -0.2) is 0 Å². The van der Waals surface area contributed by atoms with Crippen LogP contribution in [0.5, 0.6) is 5.75 Å². The Morgan fingerprint density at radius 1 is 0.917 bits per heavy atom. The third-order valence-electron chi connectivity index (χ3n) is 3.58. The van der Waals surface area contributed by atoms with Crippen molar-refractivity contribution in [3.05, 3.63) is 59.7 Å². The molecule has 0 saturated heterocycles. The summed E-state index contributed by atoms with van der Waals surface area (Å²) in [4.78, 5) is 0.165. The molecule has 24 heavy (non-hydrogen) atoms. The van der Waals surface area contributed by atoms with E-state index in [0.29, 0.717) is 18.3 Å². The van der Waals surface area contributed by atoms with Gasteiger partial charge in [-0.15, -0.1) is 0 Å². The van der Waals surface area contributed by atoms with Crippen LogP contribution < -0.4 is 4.18 Å². The van der Waals surface area contributed by atoms with E-state index in [-0.39, 0.29) is 4.90 Å². The van der Waals surface area contributed by atoms with Gasteiger partial charge in [0.05, 0.1) is 6.61 Å². The number of hydrogen-bond acceptors (Lipinski definition) is 4. The van der Waals surface area contributed by atoms with Gasteiger partial charge >= 0.3 is 10.1 Å². The average molecular weight is 348 g/mol. The normalized spacial score (nSPS) is 11.7. The number of ether oxygens (including phenoxy) is 1. The lowest BCUT2D eigenvalue weighted by Gasteiger charge is -2.09. The molecule has 5 heteroatoms. The highest BCUT2D eigenvalue weighted by Crippen LogP contribution is 2.20. The van der Waals surface area contributed by atoms with Gasteiger partial charge in [0.15, 0.2) is 0 Å². The first kappa shape index (κ1) is 18.5. The maximum Gasteiger partial charge on any atom is 0.339 e. The zero-order valence-electron chi connectivity index (χ0n) is 14.4. The van der Waals surface area contributed by atoms with Gasteiger partial charge in [0.1, 0.15) is 10.6 Å². The van der Waals surface area contributed by atoms with Crippen LogP contribution in [-0.4, -0.2) is 22.1 Å². The minimum Gasteiger partial charge on any atom is -0.384 e. The molecule has 0 aliphatic rings. The van der Waals surface area contributed by atoms with E-state index in [4.69, 9.17) is 8.92 Å². The molecule has 130 valence electrons. The molecular formula is C19H24O4S. The maximum atomic E-state index is 12.3. The lowest BCUT2D eigenvalue weighted by atomic mass is 10.0. The van der Waals surface area contributed by atoms with Crippen LogP contribution in [0.25, 0.3) is 0 Å². The van der Waals surface area contributed by atoms with Crippen molar-refractivity contribution < 1.29 is 17.3 Å². The average Bonchev–Trinajstić information content (AvgIpc) is 2.54. The van der Waals surface area contributed by atoms with Gasteiger partial charge < -0.3 is 8.92 Å². The predicted molar refractivity (Wildman–Crippen MR) is 94.8 cm³/mol. The monoisotopic (exact) mass is 348 g/mol. The van der Waals surface area contributed by atoms with Crippen molar-refractivity contribution in [2.24, 2.45) is 5.92 Å². The third-order valence-corrected chi connectivity index (χ3v) is 4.84. The maximum absolute atomic E-state index is 12.3. The van der Waals surface area contributed by atoms with Crippen LogP contribution in [0.1, 0.15) is 25.0 Å². The molecule has 0 bridgehead atoms. The van der Waals surface area contributed by atoms with E-state index in [9.17, 15) is 8.42 Å². The molecule has 0 radical (unpaired) electrons. The Bertz CT molecular complexity index is 732. The zero-order valence-corrected chi connectivity index (χ0v) is 15.2. The van der Waals surface area contributed by atoms with Crippen molar-refractivity contribution in [1.82, 2.24) is 0 Å². The van der Waals surface area contributed by atoms with Gasteiger partial charge in [0.2, 0.25) is 0 Å². The van der Waals surface area contributed by atoms with Gasteiger partial charge in [-0.1, -0.05) is 38.1 Å². The summed E-state index contributed by atoms with van der Waals surface area (Å²) in [5.41, 5.74) is 2.19. The standard InChI is InChI=1S/C19H24O4S/c1-15(2)14-17-6-10-19(11-7-17)24(20,21)23-18-8-4-16(5-9-18)12-13-22-3/h4-11,15H,12-14H2,1-3H3. The van der Waals surface area contributed by atoms with Crippen LogP contribution in [0, 0.1) is 5.92 Å². The molecule has 2 aromatic rings. The second kappa shape index (κ2) is 8.31. The summed E-state index contributed by atoms with van der Waals surface area (Å²) in [5.74, 6) is 0.836. The smallest absolute Gasteiger partial charge is 0.339 e. The topological polar surface area (TPSA) is 52.6 Å². The van der Waals surface area contributed by atoms with Crippen molar-refractivity contribution in [3.63, 3.8) is 0 Å². The van der Waals surface area contributed by atoms with Gasteiger partial charge in [0, 0.05) is 7.11 Å². The molecule has 4 nitrogen and oxygen atoms in total. The molecule has 0 saturated carbocycles. The molecule has 0 fully saturated rings. The molecule has 0 aliphatic heterocycles. The van der Waals surface area contributed by atoms with Crippen LogP contribution in [0.2, 0.25) is 0 Å². The molecule has 0 aliphatic carbocycles. The predicted octanol–water partition coefficient (Wildman–Crippen LogP) is 3.84. The van der Waals surface area contributed by atoms with Gasteiger partial charge in [-0.3, -0.25) is 0 Å². The van der Waals surface area contributed by atoms with Crippen LogP contribution in [0.3, 0.4) is 0 Å². The second-order valence-corrected chi connectivity index (χ2v) is 7.71. The van der Waals surface area contributed by atoms with Crippen molar-refractivity contribution in [3.8, 4) is 5.75 Å². The molecule has 2 aromatic carbocycles. The van der Waals surface area contributed by atoms with E-state index in [1.807, 2.05) is 24.3 Å². The van der Waals surface area contributed by atoms with E-state index < -0.39 is 10.1 Å². The lowest BCUT2D eigenvalue weighted by molar-refractivity contribution is 0.202. The molecule has 0 atom stereocenters. The van der Waals surface area contributed by atoms with Crippen molar-refractivity contribution in [2.75, 3.05) is 13.7 Å². The Labute approximate surface area is 144 Å². The van der Waals surface area contributed by atoms with Gasteiger partial charge in [0.25, 0.3) is 0 Å². The molecular weight excluding hydrogens is 324 g/mol. The summed E-state index contributed by atoms with van der Waals surface area (Å²) in [6.07, 6.45) is 1.70. The summed E-state index contributed by atoms with van der Waals surface area (Å²) < 4.78 is 34.9. The van der Waals surface area contributed by atoms with Crippen LogP contribution in [0.4, 0.5) is 0 Å². The third kappa shape index (κ3) is 5.35. The summed E-state index contributed by atoms with van der Waals surface area (Å²) in [7, 11) is -2.16. The van der Waals surface area contributed by atoms with Crippen LogP contribution >= 0.6 is 0 Å². The van der Waals surface area contributed by atoms with E-state index in [1.54, 1.807) is 31.4 Å². The van der Waals surface area contributed by atoms with Crippen molar-refractivity contribution >= 4 is 10.1 Å². The minimum atomic E-state index is -3.81. The Balaban J connectivity index is 2.07. The lowest BCUT2D eigenvalue weighted by Crippen LogP contribution is -2.10. The largest absolute Gasteiger partial charge is 0.384 e. The van der Waals surface area contributed by atoms with E-state index in [0.717, 1.165) is 24.0 Å².